The van der Waals surface area contributed by atoms with Crippen LogP contribution in [-0.4, -0.2) is 76.9 Å². The van der Waals surface area contributed by atoms with Gasteiger partial charge in [0.25, 0.3) is 5.91 Å². The van der Waals surface area contributed by atoms with Crippen molar-refractivity contribution in [3.63, 3.8) is 0 Å². The average molecular weight is 382 g/mol. The number of nitrogens with two attached hydrogens (primary N) is 1. The van der Waals surface area contributed by atoms with E-state index in [2.05, 4.69) is 15.0 Å². The molecule has 27 heavy (non-hydrogen) atoms. The molecule has 2 aromatic heterocycles. The third-order valence-corrected chi connectivity index (χ3v) is 4.54. The zero-order chi connectivity index (χ0) is 19.9. The Morgan fingerprint density at radius 2 is 2.04 bits per heavy atom. The van der Waals surface area contributed by atoms with Crippen LogP contribution in [-0.2, 0) is 9.53 Å². The van der Waals surface area contributed by atoms with Gasteiger partial charge in [-0.2, -0.15) is 5.06 Å². The van der Waals surface area contributed by atoms with E-state index in [-0.39, 0.29) is 22.9 Å². The second kappa shape index (κ2) is 7.42. The van der Waals surface area contributed by atoms with E-state index < -0.39 is 43.1 Å². The van der Waals surface area contributed by atoms with E-state index in [4.69, 9.17) is 10.5 Å². The molecule has 1 aliphatic heterocycles. The number of hydrogen-bond acceptors (Lipinski definition) is 10. The molecule has 1 fully saturated rings. The number of aromatic nitrogens is 4. The van der Waals surface area contributed by atoms with Crippen LogP contribution in [0.25, 0.3) is 11.2 Å². The summed E-state index contributed by atoms with van der Waals surface area (Å²) in [5, 5.41) is 39.9. The maximum atomic E-state index is 12.3. The van der Waals surface area contributed by atoms with Crippen LogP contribution in [0.5, 0.6) is 0 Å². The van der Waals surface area contributed by atoms with Gasteiger partial charge in [-0.25, -0.2) is 15.0 Å². The van der Waals surface area contributed by atoms with Crippen LogP contribution >= 0.6 is 0 Å². The molecule has 0 bridgehead atoms. The fourth-order valence-electron chi connectivity index (χ4n) is 2.82. The summed E-state index contributed by atoms with van der Waals surface area (Å²) in [4.78, 5) is 24.3. The smallest absolute Gasteiger partial charge is 0.269 e. The molecule has 1 saturated heterocycles. The lowest BCUT2D eigenvalue weighted by molar-refractivity contribution is -0.125. The molecule has 148 valence electrons. The van der Waals surface area contributed by atoms with Gasteiger partial charge in [-0.3, -0.25) is 14.6 Å². The highest BCUT2D eigenvalue weighted by Gasteiger charge is 2.44. The van der Waals surface area contributed by atoms with Gasteiger partial charge < -0.3 is 25.8 Å². The zero-order valence-electron chi connectivity index (χ0n) is 14.7. The molecule has 0 saturated carbocycles. The number of hydrogen-bond donors (Lipinski definition) is 5. The highest BCUT2D eigenvalue weighted by Crippen LogP contribution is 2.32. The topological polar surface area (TPSA) is 180 Å². The van der Waals surface area contributed by atoms with Crippen molar-refractivity contribution in [2.75, 3.05) is 11.7 Å². The minimum atomic E-state index is -1.33. The molecule has 12 heteroatoms. The quantitative estimate of drug-likeness (QED) is 0.291. The Kier molecular flexibility index (Phi) is 5.37. The van der Waals surface area contributed by atoms with Crippen molar-refractivity contribution < 1.29 is 30.1 Å². The zero-order valence-corrected chi connectivity index (χ0v) is 14.7. The van der Waals surface area contributed by atoms with Gasteiger partial charge in [-0.1, -0.05) is 13.8 Å². The normalized spacial score (nSPS) is 26.7. The number of aliphatic hydroxyl groups is 3. The number of rotatable bonds is 5. The van der Waals surface area contributed by atoms with Crippen LogP contribution in [0.3, 0.4) is 0 Å². The van der Waals surface area contributed by atoms with Gasteiger partial charge in [0.05, 0.1) is 19.0 Å². The summed E-state index contributed by atoms with van der Waals surface area (Å²) in [6.45, 7) is 3.00. The van der Waals surface area contributed by atoms with Crippen molar-refractivity contribution in [1.82, 2.24) is 19.5 Å². The number of carbonyl (C=O) groups is 1. The van der Waals surface area contributed by atoms with E-state index in [0.29, 0.717) is 5.06 Å². The SMILES string of the molecule is CC(C)C(N)C(=O)N(O)c1ncnc2c1ncn2[C@@H]1O[C@H](CO)[C@@H](O)[C@H]1O. The summed E-state index contributed by atoms with van der Waals surface area (Å²) < 4.78 is 6.78. The molecule has 1 aliphatic rings. The number of fused-ring (bicyclic) bond motifs is 1. The summed E-state index contributed by atoms with van der Waals surface area (Å²) in [6.07, 6.45) is -2.29. The second-order valence-corrected chi connectivity index (χ2v) is 6.67. The first-order valence-corrected chi connectivity index (χ1v) is 8.36. The Morgan fingerprint density at radius 3 is 2.63 bits per heavy atom. The molecule has 0 spiro atoms. The van der Waals surface area contributed by atoms with Gasteiger partial charge in [-0.15, -0.1) is 0 Å². The summed E-state index contributed by atoms with van der Waals surface area (Å²) in [7, 11) is 0. The monoisotopic (exact) mass is 382 g/mol. The molecule has 1 amide bonds. The van der Waals surface area contributed by atoms with Crippen LogP contribution in [0.1, 0.15) is 20.1 Å². The Hall–Kier alpha value is -2.22. The number of hydroxylamine groups is 1. The molecule has 3 rings (SSSR count). The maximum Gasteiger partial charge on any atom is 0.269 e. The van der Waals surface area contributed by atoms with Gasteiger partial charge in [0.15, 0.2) is 23.2 Å². The van der Waals surface area contributed by atoms with E-state index in [0.717, 1.165) is 6.33 Å². The van der Waals surface area contributed by atoms with Crippen LogP contribution < -0.4 is 10.8 Å². The van der Waals surface area contributed by atoms with Crippen molar-refractivity contribution >= 4 is 22.9 Å². The highest BCUT2D eigenvalue weighted by molar-refractivity contribution is 5.99. The van der Waals surface area contributed by atoms with Crippen molar-refractivity contribution in [2.45, 2.75) is 44.4 Å². The molecular weight excluding hydrogens is 360 g/mol. The van der Waals surface area contributed by atoms with Gasteiger partial charge >= 0.3 is 0 Å². The Bertz CT molecular complexity index is 828. The number of imidazole rings is 1. The lowest BCUT2D eigenvalue weighted by Gasteiger charge is -2.21. The molecule has 5 atom stereocenters. The van der Waals surface area contributed by atoms with E-state index in [1.54, 1.807) is 13.8 Å². The highest BCUT2D eigenvalue weighted by atomic mass is 16.6. The van der Waals surface area contributed by atoms with E-state index in [9.17, 15) is 25.3 Å². The standard InChI is InChI=1S/C15H22N6O6/c1-6(2)8(16)14(25)21(26)13-9-12(17-4-18-13)20(5-19-9)15-11(24)10(23)7(3-22)27-15/h4-8,10-11,15,22-24,26H,3,16H2,1-2H3/t7-,8?,10-,11-,15-/m1/s1. The molecule has 0 aromatic carbocycles. The Labute approximate surface area is 153 Å². The van der Waals surface area contributed by atoms with Gasteiger partial charge in [0.2, 0.25) is 0 Å². The molecule has 2 aromatic rings. The number of anilines is 1. The fraction of sp³-hybridized carbons (Fsp3) is 0.600. The van der Waals surface area contributed by atoms with Gasteiger partial charge in [0.1, 0.15) is 24.6 Å². The number of carbonyl (C=O) groups excluding carboxylic acids is 1. The molecule has 0 radical (unpaired) electrons. The number of nitrogens with zero attached hydrogens (tertiary/aromatic N) is 5. The van der Waals surface area contributed by atoms with Crippen LogP contribution in [0, 0.1) is 5.92 Å². The Balaban J connectivity index is 1.97. The van der Waals surface area contributed by atoms with Gasteiger partial charge in [-0.05, 0) is 5.92 Å². The molecule has 3 heterocycles. The largest absolute Gasteiger partial charge is 0.394 e. The number of amides is 1. The minimum absolute atomic E-state index is 0.0713. The maximum absolute atomic E-state index is 12.3. The first kappa shape index (κ1) is 19.5. The first-order chi connectivity index (χ1) is 12.8. The van der Waals surface area contributed by atoms with Crippen molar-refractivity contribution in [3.05, 3.63) is 12.7 Å². The van der Waals surface area contributed by atoms with Crippen molar-refractivity contribution in [1.29, 1.82) is 0 Å². The van der Waals surface area contributed by atoms with Crippen LogP contribution in [0.2, 0.25) is 0 Å². The number of ether oxygens (including phenoxy) is 1. The molecule has 0 aliphatic carbocycles. The van der Waals surface area contributed by atoms with Crippen molar-refractivity contribution in [3.8, 4) is 0 Å². The van der Waals surface area contributed by atoms with E-state index in [1.165, 1.54) is 10.9 Å². The second-order valence-electron chi connectivity index (χ2n) is 6.67. The summed E-state index contributed by atoms with van der Waals surface area (Å²) in [5.74, 6) is -1.14. The fourth-order valence-corrected chi connectivity index (χ4v) is 2.82. The van der Waals surface area contributed by atoms with Crippen LogP contribution in [0.15, 0.2) is 12.7 Å². The predicted octanol–water partition coefficient (Wildman–Crippen LogP) is -1.86. The molecule has 1 unspecified atom stereocenters. The first-order valence-electron chi connectivity index (χ1n) is 8.36. The third-order valence-electron chi connectivity index (χ3n) is 4.54. The summed E-state index contributed by atoms with van der Waals surface area (Å²) >= 11 is 0. The van der Waals surface area contributed by atoms with Crippen molar-refractivity contribution in [2.24, 2.45) is 11.7 Å². The lowest BCUT2D eigenvalue weighted by atomic mass is 10.1. The van der Waals surface area contributed by atoms with E-state index in [1.807, 2.05) is 0 Å². The summed E-state index contributed by atoms with van der Waals surface area (Å²) in [5.41, 5.74) is 6.01. The summed E-state index contributed by atoms with van der Waals surface area (Å²) in [6, 6.07) is -0.942. The van der Waals surface area contributed by atoms with E-state index >= 15 is 0 Å². The molecular formula is C15H22N6O6. The number of aliphatic hydroxyl groups excluding tert-OH is 3. The minimum Gasteiger partial charge on any atom is -0.394 e. The molecule has 12 nitrogen and oxygen atoms in total. The lowest BCUT2D eigenvalue weighted by Crippen LogP contribution is -2.45. The van der Waals surface area contributed by atoms with Gasteiger partial charge in [0, 0.05) is 0 Å². The molecule has 6 N–H and O–H groups in total. The third kappa shape index (κ3) is 3.26. The predicted molar refractivity (Wildman–Crippen MR) is 90.4 cm³/mol. The average Bonchev–Trinajstić information content (AvgIpc) is 3.21. The Morgan fingerprint density at radius 1 is 1.33 bits per heavy atom. The van der Waals surface area contributed by atoms with Crippen LogP contribution in [0.4, 0.5) is 5.82 Å².